The van der Waals surface area contributed by atoms with Gasteiger partial charge in [-0.3, -0.25) is 4.79 Å². The number of halogens is 2. The quantitative estimate of drug-likeness (QED) is 0.914. The van der Waals surface area contributed by atoms with Crippen LogP contribution in [0.2, 0.25) is 0 Å². The molecule has 0 saturated carbocycles. The second-order valence-electron chi connectivity index (χ2n) is 5.61. The van der Waals surface area contributed by atoms with Crippen molar-refractivity contribution in [3.05, 3.63) is 24.0 Å². The van der Waals surface area contributed by atoms with Crippen LogP contribution in [0.25, 0.3) is 0 Å². The van der Waals surface area contributed by atoms with Gasteiger partial charge in [-0.2, -0.15) is 0 Å². The van der Waals surface area contributed by atoms with Crippen LogP contribution in [0.3, 0.4) is 0 Å². The molecule has 6 heteroatoms. The van der Waals surface area contributed by atoms with Crippen LogP contribution in [-0.2, 0) is 6.54 Å². The molecule has 2 unspecified atom stereocenters. The van der Waals surface area contributed by atoms with E-state index in [0.29, 0.717) is 24.2 Å². The molecule has 3 rings (SSSR count). The Morgan fingerprint density at radius 1 is 1.45 bits per heavy atom. The summed E-state index contributed by atoms with van der Waals surface area (Å²) in [5.41, 5.74) is 0.365. The van der Waals surface area contributed by atoms with E-state index in [0.717, 1.165) is 25.9 Å². The van der Waals surface area contributed by atoms with Gasteiger partial charge >= 0.3 is 0 Å². The van der Waals surface area contributed by atoms with E-state index in [1.54, 1.807) is 23.2 Å². The first-order valence-electron chi connectivity index (χ1n) is 7.11. The number of fused-ring (bicyclic) bond motifs is 1. The normalized spacial score (nSPS) is 26.1. The average molecular weight is 283 g/mol. The van der Waals surface area contributed by atoms with E-state index < -0.39 is 13.0 Å². The summed E-state index contributed by atoms with van der Waals surface area (Å²) in [5, 5.41) is 3.44. The van der Waals surface area contributed by atoms with E-state index in [1.807, 2.05) is 0 Å². The van der Waals surface area contributed by atoms with Crippen molar-refractivity contribution >= 4 is 5.91 Å². The number of rotatable bonds is 3. The largest absolute Gasteiger partial charge is 0.338 e. The Bertz CT molecular complexity index is 475. The third kappa shape index (κ3) is 2.57. The Morgan fingerprint density at radius 3 is 3.05 bits per heavy atom. The molecule has 0 aliphatic carbocycles. The molecule has 0 aromatic carbocycles. The summed E-state index contributed by atoms with van der Waals surface area (Å²) in [6.07, 6.45) is 1.38. The molecule has 2 atom stereocenters. The van der Waals surface area contributed by atoms with Crippen molar-refractivity contribution in [2.24, 2.45) is 5.92 Å². The van der Waals surface area contributed by atoms with Crippen molar-refractivity contribution in [3.63, 3.8) is 0 Å². The zero-order valence-corrected chi connectivity index (χ0v) is 11.3. The molecule has 1 amide bonds. The number of aromatic nitrogens is 1. The van der Waals surface area contributed by atoms with Gasteiger partial charge in [0.25, 0.3) is 12.3 Å². The Hall–Kier alpha value is -1.43. The molecule has 1 aromatic heterocycles. The van der Waals surface area contributed by atoms with Crippen LogP contribution in [0.1, 0.15) is 23.3 Å². The molecule has 20 heavy (non-hydrogen) atoms. The molecule has 110 valence electrons. The molecule has 1 aromatic rings. The SMILES string of the molecule is O=C(c1cccn1CC(F)F)N1CC2CCCNC2C1. The second kappa shape index (κ2) is 5.52. The van der Waals surface area contributed by atoms with Gasteiger partial charge in [-0.1, -0.05) is 0 Å². The molecule has 2 aliphatic heterocycles. The summed E-state index contributed by atoms with van der Waals surface area (Å²) >= 11 is 0. The topological polar surface area (TPSA) is 37.3 Å². The summed E-state index contributed by atoms with van der Waals surface area (Å²) in [5.74, 6) is 0.373. The maximum absolute atomic E-state index is 12.5. The Morgan fingerprint density at radius 2 is 2.30 bits per heavy atom. The first kappa shape index (κ1) is 13.5. The van der Waals surface area contributed by atoms with Gasteiger partial charge in [-0.15, -0.1) is 0 Å². The zero-order chi connectivity index (χ0) is 14.1. The number of likely N-dealkylation sites (tertiary alicyclic amines) is 1. The van der Waals surface area contributed by atoms with Crippen LogP contribution in [0.15, 0.2) is 18.3 Å². The number of nitrogens with one attached hydrogen (secondary N) is 1. The van der Waals surface area contributed by atoms with Crippen molar-refractivity contribution in [1.82, 2.24) is 14.8 Å². The lowest BCUT2D eigenvalue weighted by Gasteiger charge is -2.24. The molecule has 2 aliphatic rings. The molecule has 0 bridgehead atoms. The van der Waals surface area contributed by atoms with Gasteiger partial charge in [-0.25, -0.2) is 8.78 Å². The maximum atomic E-state index is 12.5. The summed E-state index contributed by atoms with van der Waals surface area (Å²) in [6.45, 7) is 2.00. The van der Waals surface area contributed by atoms with Gasteiger partial charge in [-0.05, 0) is 37.4 Å². The van der Waals surface area contributed by atoms with Gasteiger partial charge < -0.3 is 14.8 Å². The number of nitrogens with zero attached hydrogens (tertiary/aromatic N) is 2. The minimum atomic E-state index is -2.45. The fourth-order valence-corrected chi connectivity index (χ4v) is 3.29. The van der Waals surface area contributed by atoms with Crippen molar-refractivity contribution in [3.8, 4) is 0 Å². The lowest BCUT2D eigenvalue weighted by molar-refractivity contribution is 0.0764. The van der Waals surface area contributed by atoms with Crippen LogP contribution in [-0.4, -0.2) is 47.5 Å². The first-order valence-corrected chi connectivity index (χ1v) is 7.11. The summed E-state index contributed by atoms with van der Waals surface area (Å²) < 4.78 is 26.4. The minimum absolute atomic E-state index is 0.133. The first-order chi connectivity index (χ1) is 9.65. The fourth-order valence-electron chi connectivity index (χ4n) is 3.29. The van der Waals surface area contributed by atoms with Crippen LogP contribution in [0.5, 0.6) is 0 Å². The van der Waals surface area contributed by atoms with E-state index in [9.17, 15) is 13.6 Å². The van der Waals surface area contributed by atoms with Crippen LogP contribution < -0.4 is 5.32 Å². The number of carbonyl (C=O) groups excluding carboxylic acids is 1. The summed E-state index contributed by atoms with van der Waals surface area (Å²) in [4.78, 5) is 14.3. The zero-order valence-electron chi connectivity index (χ0n) is 11.3. The molecular formula is C14H19F2N3O. The molecule has 1 N–H and O–H groups in total. The number of hydrogen-bond donors (Lipinski definition) is 1. The third-order valence-corrected chi connectivity index (χ3v) is 4.27. The van der Waals surface area contributed by atoms with Gasteiger partial charge in [0.15, 0.2) is 0 Å². The standard InChI is InChI=1S/C14H19F2N3O/c15-13(16)9-18-6-2-4-12(18)14(20)19-7-10-3-1-5-17-11(10)8-19/h2,4,6,10-11,13,17H,1,3,5,7-9H2. The number of carbonyl (C=O) groups is 1. The lowest BCUT2D eigenvalue weighted by Crippen LogP contribution is -2.41. The predicted molar refractivity (Wildman–Crippen MR) is 70.9 cm³/mol. The molecule has 3 heterocycles. The average Bonchev–Trinajstić information content (AvgIpc) is 3.03. The lowest BCUT2D eigenvalue weighted by atomic mass is 9.94. The van der Waals surface area contributed by atoms with E-state index in [2.05, 4.69) is 5.32 Å². The highest BCUT2D eigenvalue weighted by molar-refractivity contribution is 5.93. The molecule has 4 nitrogen and oxygen atoms in total. The summed E-state index contributed by atoms with van der Waals surface area (Å²) in [6, 6.07) is 3.64. The van der Waals surface area contributed by atoms with Crippen molar-refractivity contribution in [2.75, 3.05) is 19.6 Å². The third-order valence-electron chi connectivity index (χ3n) is 4.27. The van der Waals surface area contributed by atoms with E-state index in [1.165, 1.54) is 4.57 Å². The van der Waals surface area contributed by atoms with Crippen LogP contribution >= 0.6 is 0 Å². The number of amides is 1. The fraction of sp³-hybridized carbons (Fsp3) is 0.643. The minimum Gasteiger partial charge on any atom is -0.338 e. The van der Waals surface area contributed by atoms with Gasteiger partial charge in [0.05, 0.1) is 6.54 Å². The van der Waals surface area contributed by atoms with Gasteiger partial charge in [0.1, 0.15) is 5.69 Å². The molecule has 0 radical (unpaired) electrons. The van der Waals surface area contributed by atoms with Gasteiger partial charge in [0, 0.05) is 25.3 Å². The molecule has 2 saturated heterocycles. The summed E-state index contributed by atoms with van der Waals surface area (Å²) in [7, 11) is 0. The predicted octanol–water partition coefficient (Wildman–Crippen LogP) is 1.58. The highest BCUT2D eigenvalue weighted by atomic mass is 19.3. The second-order valence-corrected chi connectivity index (χ2v) is 5.61. The van der Waals surface area contributed by atoms with E-state index in [-0.39, 0.29) is 5.91 Å². The van der Waals surface area contributed by atoms with Crippen LogP contribution in [0, 0.1) is 5.92 Å². The molecular weight excluding hydrogens is 264 g/mol. The van der Waals surface area contributed by atoms with Crippen LogP contribution in [0.4, 0.5) is 8.78 Å². The molecule has 0 spiro atoms. The molecule has 2 fully saturated rings. The van der Waals surface area contributed by atoms with E-state index >= 15 is 0 Å². The Kier molecular flexibility index (Phi) is 3.74. The van der Waals surface area contributed by atoms with Gasteiger partial charge in [0.2, 0.25) is 0 Å². The highest BCUT2D eigenvalue weighted by Crippen LogP contribution is 2.26. The van der Waals surface area contributed by atoms with Crippen molar-refractivity contribution in [1.29, 1.82) is 0 Å². The Balaban J connectivity index is 1.71. The number of hydrogen-bond acceptors (Lipinski definition) is 2. The Labute approximate surface area is 116 Å². The highest BCUT2D eigenvalue weighted by Gasteiger charge is 2.37. The van der Waals surface area contributed by atoms with Crippen molar-refractivity contribution in [2.45, 2.75) is 31.9 Å². The van der Waals surface area contributed by atoms with E-state index in [4.69, 9.17) is 0 Å². The maximum Gasteiger partial charge on any atom is 0.270 e. The number of alkyl halides is 2. The van der Waals surface area contributed by atoms with Crippen molar-refractivity contribution < 1.29 is 13.6 Å². The number of piperidine rings is 1. The smallest absolute Gasteiger partial charge is 0.270 e. The monoisotopic (exact) mass is 283 g/mol.